The Kier molecular flexibility index (Phi) is 10.6. The molecule has 1 aromatic rings. The van der Waals surface area contributed by atoms with Crippen LogP contribution in [0.25, 0.3) is 0 Å². The van der Waals surface area contributed by atoms with E-state index in [9.17, 15) is 14.9 Å². The molecule has 1 aromatic carbocycles. The first-order valence-electron chi connectivity index (χ1n) is 10.9. The largest absolute Gasteiger partial charge is 0.491 e. The molecule has 1 heterocycles. The lowest BCUT2D eigenvalue weighted by molar-refractivity contribution is -0.384. The first-order valence-corrected chi connectivity index (χ1v) is 10.9. The highest BCUT2D eigenvalue weighted by atomic mass is 16.6. The van der Waals surface area contributed by atoms with Crippen LogP contribution in [-0.4, -0.2) is 80.4 Å². The summed E-state index contributed by atoms with van der Waals surface area (Å²) in [6.45, 7) is 9.48. The number of rotatable bonds is 12. The molecule has 1 fully saturated rings. The molecular weight excluding hydrogens is 420 g/mol. The Bertz CT molecular complexity index is 697. The van der Waals surface area contributed by atoms with Crippen LogP contribution in [-0.2, 0) is 18.9 Å². The van der Waals surface area contributed by atoms with Crippen LogP contribution < -0.4 is 4.74 Å². The highest BCUT2D eigenvalue weighted by Crippen LogP contribution is 2.18. The first kappa shape index (κ1) is 25.8. The summed E-state index contributed by atoms with van der Waals surface area (Å²) in [6.07, 6.45) is 1.44. The summed E-state index contributed by atoms with van der Waals surface area (Å²) in [5.41, 5.74) is -0.452. The molecular formula is C22H34N2O8. The van der Waals surface area contributed by atoms with Crippen molar-refractivity contribution in [3.63, 3.8) is 0 Å². The second-order valence-electron chi connectivity index (χ2n) is 8.36. The number of carbonyl (C=O) groups is 1. The molecule has 0 aliphatic carbocycles. The van der Waals surface area contributed by atoms with Crippen LogP contribution in [0.15, 0.2) is 24.3 Å². The van der Waals surface area contributed by atoms with Crippen molar-refractivity contribution in [2.24, 2.45) is 0 Å². The number of carbonyl (C=O) groups excluding carboxylic acids is 1. The van der Waals surface area contributed by atoms with E-state index in [4.69, 9.17) is 23.7 Å². The van der Waals surface area contributed by atoms with E-state index in [1.165, 1.54) is 12.1 Å². The molecule has 0 N–H and O–H groups in total. The van der Waals surface area contributed by atoms with Gasteiger partial charge in [-0.25, -0.2) is 4.79 Å². The van der Waals surface area contributed by atoms with Gasteiger partial charge in [0.1, 0.15) is 18.0 Å². The van der Waals surface area contributed by atoms with E-state index in [2.05, 4.69) is 0 Å². The normalized spacial score (nSPS) is 14.9. The van der Waals surface area contributed by atoms with Gasteiger partial charge in [0.05, 0.1) is 44.1 Å². The summed E-state index contributed by atoms with van der Waals surface area (Å²) < 4.78 is 27.6. The highest BCUT2D eigenvalue weighted by molar-refractivity contribution is 5.68. The maximum Gasteiger partial charge on any atom is 0.410 e. The van der Waals surface area contributed by atoms with Gasteiger partial charge in [-0.2, -0.15) is 0 Å². The molecule has 32 heavy (non-hydrogen) atoms. The lowest BCUT2D eigenvalue weighted by Crippen LogP contribution is -2.43. The van der Waals surface area contributed by atoms with Crippen molar-refractivity contribution >= 4 is 11.8 Å². The number of nitrogens with zero attached hydrogens (tertiary/aromatic N) is 2. The van der Waals surface area contributed by atoms with E-state index in [0.29, 0.717) is 58.5 Å². The molecule has 0 atom stereocenters. The minimum absolute atomic E-state index is 0.0287. The fourth-order valence-corrected chi connectivity index (χ4v) is 3.01. The second kappa shape index (κ2) is 13.2. The summed E-state index contributed by atoms with van der Waals surface area (Å²) >= 11 is 0. The molecule has 0 saturated carbocycles. The van der Waals surface area contributed by atoms with Crippen LogP contribution in [0.3, 0.4) is 0 Å². The van der Waals surface area contributed by atoms with Crippen LogP contribution >= 0.6 is 0 Å². The molecule has 1 amide bonds. The van der Waals surface area contributed by atoms with E-state index in [1.54, 1.807) is 17.0 Å². The van der Waals surface area contributed by atoms with Crippen LogP contribution in [0, 0.1) is 10.1 Å². The maximum absolute atomic E-state index is 12.1. The van der Waals surface area contributed by atoms with Gasteiger partial charge < -0.3 is 28.6 Å². The number of piperidine rings is 1. The second-order valence-corrected chi connectivity index (χ2v) is 8.36. The molecule has 1 aliphatic heterocycles. The predicted octanol–water partition coefficient (Wildman–Crippen LogP) is 3.42. The van der Waals surface area contributed by atoms with Gasteiger partial charge in [-0.05, 0) is 45.7 Å². The Labute approximate surface area is 188 Å². The zero-order valence-electron chi connectivity index (χ0n) is 19.1. The lowest BCUT2D eigenvalue weighted by atomic mass is 10.1. The summed E-state index contributed by atoms with van der Waals surface area (Å²) in [7, 11) is 0. The van der Waals surface area contributed by atoms with E-state index >= 15 is 0 Å². The topological polar surface area (TPSA) is 110 Å². The summed E-state index contributed by atoms with van der Waals surface area (Å²) in [5.74, 6) is 0.560. The third kappa shape index (κ3) is 10.3. The van der Waals surface area contributed by atoms with Gasteiger partial charge in [0.15, 0.2) is 0 Å². The fraction of sp³-hybridized carbons (Fsp3) is 0.682. The number of non-ortho nitro benzene ring substituents is 1. The van der Waals surface area contributed by atoms with Gasteiger partial charge in [-0.3, -0.25) is 10.1 Å². The standard InChI is InChI=1S/C22H34N2O8/c1-22(2,3)32-21(25)23-10-8-20(9-11-23)31-17-15-29-13-12-28-14-16-30-19-6-4-18(5-7-19)24(26)27/h4-7,20H,8-17H2,1-3H3. The quantitative estimate of drug-likeness (QED) is 0.268. The molecule has 1 saturated heterocycles. The molecule has 1 aliphatic rings. The van der Waals surface area contributed by atoms with Gasteiger partial charge >= 0.3 is 6.09 Å². The third-order valence-corrected chi connectivity index (χ3v) is 4.59. The molecule has 0 spiro atoms. The highest BCUT2D eigenvalue weighted by Gasteiger charge is 2.27. The maximum atomic E-state index is 12.1. The lowest BCUT2D eigenvalue weighted by Gasteiger charge is -2.33. The summed E-state index contributed by atoms with van der Waals surface area (Å²) in [6, 6.07) is 5.91. The minimum Gasteiger partial charge on any atom is -0.491 e. The molecule has 2 rings (SSSR count). The number of hydrogen-bond donors (Lipinski definition) is 0. The molecule has 10 heteroatoms. The minimum atomic E-state index is -0.480. The fourth-order valence-electron chi connectivity index (χ4n) is 3.01. The van der Waals surface area contributed by atoms with Gasteiger partial charge in [0.25, 0.3) is 5.69 Å². The third-order valence-electron chi connectivity index (χ3n) is 4.59. The van der Waals surface area contributed by atoms with Crippen LogP contribution in [0.2, 0.25) is 0 Å². The van der Waals surface area contributed by atoms with Crippen molar-refractivity contribution in [2.45, 2.75) is 45.3 Å². The monoisotopic (exact) mass is 454 g/mol. The smallest absolute Gasteiger partial charge is 0.410 e. The Balaban J connectivity index is 1.41. The van der Waals surface area contributed by atoms with Gasteiger partial charge in [0.2, 0.25) is 0 Å². The Morgan fingerprint density at radius 2 is 1.56 bits per heavy atom. The SMILES string of the molecule is CC(C)(C)OC(=O)N1CCC(OCCOCCOCCOc2ccc([N+](=O)[O-])cc2)CC1. The summed E-state index contributed by atoms with van der Waals surface area (Å²) in [4.78, 5) is 23.9. The van der Waals surface area contributed by atoms with Gasteiger partial charge in [-0.15, -0.1) is 0 Å². The number of hydrogen-bond acceptors (Lipinski definition) is 8. The van der Waals surface area contributed by atoms with Crippen molar-refractivity contribution in [2.75, 3.05) is 52.7 Å². The van der Waals surface area contributed by atoms with Crippen LogP contribution in [0.4, 0.5) is 10.5 Å². The number of ether oxygens (including phenoxy) is 5. The average Bonchev–Trinajstić information content (AvgIpc) is 2.74. The Hall–Kier alpha value is -2.43. The Morgan fingerprint density at radius 3 is 2.12 bits per heavy atom. The zero-order valence-corrected chi connectivity index (χ0v) is 19.1. The van der Waals surface area contributed by atoms with Gasteiger partial charge in [0, 0.05) is 25.2 Å². The number of amides is 1. The van der Waals surface area contributed by atoms with Gasteiger partial charge in [-0.1, -0.05) is 0 Å². The van der Waals surface area contributed by atoms with E-state index in [1.807, 2.05) is 20.8 Å². The molecule has 0 radical (unpaired) electrons. The summed E-state index contributed by atoms with van der Waals surface area (Å²) in [5, 5.41) is 10.6. The molecule has 0 bridgehead atoms. The van der Waals surface area contributed by atoms with Crippen molar-refractivity contribution in [1.82, 2.24) is 4.90 Å². The average molecular weight is 455 g/mol. The van der Waals surface area contributed by atoms with Crippen LogP contribution in [0.5, 0.6) is 5.75 Å². The Morgan fingerprint density at radius 1 is 1.00 bits per heavy atom. The van der Waals surface area contributed by atoms with Crippen molar-refractivity contribution in [1.29, 1.82) is 0 Å². The number of nitro benzene ring substituents is 1. The van der Waals surface area contributed by atoms with E-state index in [0.717, 1.165) is 12.8 Å². The van der Waals surface area contributed by atoms with Crippen molar-refractivity contribution in [3.05, 3.63) is 34.4 Å². The van der Waals surface area contributed by atoms with Crippen LogP contribution in [0.1, 0.15) is 33.6 Å². The van der Waals surface area contributed by atoms with Crippen molar-refractivity contribution < 1.29 is 33.4 Å². The molecule has 10 nitrogen and oxygen atoms in total. The number of likely N-dealkylation sites (tertiary alicyclic amines) is 1. The number of benzene rings is 1. The van der Waals surface area contributed by atoms with Crippen molar-refractivity contribution in [3.8, 4) is 5.75 Å². The van der Waals surface area contributed by atoms with E-state index < -0.39 is 10.5 Å². The molecule has 180 valence electrons. The first-order chi connectivity index (χ1) is 15.2. The number of nitro groups is 1. The molecule has 0 unspecified atom stereocenters. The zero-order chi connectivity index (χ0) is 23.4. The predicted molar refractivity (Wildman–Crippen MR) is 117 cm³/mol. The van der Waals surface area contributed by atoms with E-state index in [-0.39, 0.29) is 17.9 Å². The molecule has 0 aromatic heterocycles.